The molecular weight excluding hydrogens is 212 g/mol. The molecular formula is C14H24N2O. The highest BCUT2D eigenvalue weighted by Gasteiger charge is 2.10. The van der Waals surface area contributed by atoms with Gasteiger partial charge in [-0.3, -0.25) is 4.98 Å². The quantitative estimate of drug-likeness (QED) is 0.853. The van der Waals surface area contributed by atoms with E-state index in [1.807, 2.05) is 19.1 Å². The zero-order valence-corrected chi connectivity index (χ0v) is 11.6. The number of nitrogens with one attached hydrogen (secondary N) is 1. The van der Waals surface area contributed by atoms with Gasteiger partial charge < -0.3 is 10.1 Å². The normalized spacial score (nSPS) is 13.5. The van der Waals surface area contributed by atoms with Crippen LogP contribution in [-0.2, 0) is 0 Å². The van der Waals surface area contributed by atoms with E-state index in [1.165, 1.54) is 0 Å². The fraction of sp³-hybridized carbons (Fsp3) is 0.643. The van der Waals surface area contributed by atoms with Crippen LogP contribution in [0, 0.1) is 6.92 Å². The first kappa shape index (κ1) is 14.0. The van der Waals surface area contributed by atoms with Gasteiger partial charge in [-0.1, -0.05) is 0 Å². The summed E-state index contributed by atoms with van der Waals surface area (Å²) in [4.78, 5) is 4.15. The lowest BCUT2D eigenvalue weighted by atomic mass is 10.1. The van der Waals surface area contributed by atoms with Gasteiger partial charge in [0.25, 0.3) is 0 Å². The minimum absolute atomic E-state index is 0.174. The van der Waals surface area contributed by atoms with E-state index in [0.29, 0.717) is 0 Å². The second kappa shape index (κ2) is 6.01. The summed E-state index contributed by atoms with van der Waals surface area (Å²) < 4.78 is 5.83. The molecule has 1 rings (SSSR count). The molecule has 0 aliphatic carbocycles. The van der Waals surface area contributed by atoms with Gasteiger partial charge in [0, 0.05) is 23.5 Å². The Morgan fingerprint density at radius 1 is 1.41 bits per heavy atom. The predicted octanol–water partition coefficient (Wildman–Crippen LogP) is 2.94. The van der Waals surface area contributed by atoms with Crippen LogP contribution in [0.1, 0.15) is 39.8 Å². The molecule has 0 saturated heterocycles. The summed E-state index contributed by atoms with van der Waals surface area (Å²) in [5.41, 5.74) is 1.16. The molecule has 0 aliphatic heterocycles. The van der Waals surface area contributed by atoms with Crippen LogP contribution in [-0.4, -0.2) is 23.2 Å². The summed E-state index contributed by atoms with van der Waals surface area (Å²) in [6, 6.07) is 3.87. The molecule has 1 N–H and O–H groups in total. The van der Waals surface area contributed by atoms with Crippen LogP contribution in [0.25, 0.3) is 0 Å². The van der Waals surface area contributed by atoms with Crippen molar-refractivity contribution in [3.05, 3.63) is 24.0 Å². The van der Waals surface area contributed by atoms with Gasteiger partial charge in [-0.05, 0) is 53.7 Å². The molecule has 1 aromatic heterocycles. The van der Waals surface area contributed by atoms with E-state index in [2.05, 4.69) is 38.0 Å². The Balaban J connectivity index is 2.32. The van der Waals surface area contributed by atoms with Crippen LogP contribution in [0.2, 0.25) is 0 Å². The average Bonchev–Trinajstić information content (AvgIpc) is 2.15. The Kier molecular flexibility index (Phi) is 4.94. The molecule has 0 aromatic carbocycles. The Labute approximate surface area is 105 Å². The third-order valence-corrected chi connectivity index (χ3v) is 2.41. The second-order valence-corrected chi connectivity index (χ2v) is 5.53. The van der Waals surface area contributed by atoms with Crippen LogP contribution < -0.4 is 10.1 Å². The fourth-order valence-electron chi connectivity index (χ4n) is 1.53. The molecule has 0 spiro atoms. The molecule has 1 atom stereocenters. The molecule has 1 heterocycles. The molecule has 0 amide bonds. The van der Waals surface area contributed by atoms with Crippen molar-refractivity contribution in [2.75, 3.05) is 6.54 Å². The molecule has 3 nitrogen and oxygen atoms in total. The Hall–Kier alpha value is -1.09. The lowest BCUT2D eigenvalue weighted by Crippen LogP contribution is -2.37. The SMILES string of the molecule is Cc1cc(OC(C)CCNC(C)(C)C)ccn1. The summed E-state index contributed by atoms with van der Waals surface area (Å²) in [6.07, 6.45) is 3.00. The summed E-state index contributed by atoms with van der Waals surface area (Å²) in [7, 11) is 0. The van der Waals surface area contributed by atoms with Gasteiger partial charge in [0.15, 0.2) is 0 Å². The first-order valence-corrected chi connectivity index (χ1v) is 6.21. The maximum Gasteiger partial charge on any atom is 0.123 e. The molecule has 3 heteroatoms. The van der Waals surface area contributed by atoms with Crippen LogP contribution >= 0.6 is 0 Å². The van der Waals surface area contributed by atoms with Gasteiger partial charge >= 0.3 is 0 Å². The van der Waals surface area contributed by atoms with Crippen LogP contribution in [0.4, 0.5) is 0 Å². The molecule has 0 saturated carbocycles. The maximum absolute atomic E-state index is 5.83. The van der Waals surface area contributed by atoms with Crippen molar-refractivity contribution in [1.82, 2.24) is 10.3 Å². The fourth-order valence-corrected chi connectivity index (χ4v) is 1.53. The summed E-state index contributed by atoms with van der Waals surface area (Å²) in [5.74, 6) is 0.903. The number of nitrogens with zero attached hydrogens (tertiary/aromatic N) is 1. The highest BCUT2D eigenvalue weighted by molar-refractivity contribution is 5.21. The number of aromatic nitrogens is 1. The van der Waals surface area contributed by atoms with Crippen LogP contribution in [0.5, 0.6) is 5.75 Å². The lowest BCUT2D eigenvalue weighted by Gasteiger charge is -2.22. The molecule has 17 heavy (non-hydrogen) atoms. The van der Waals surface area contributed by atoms with E-state index in [1.54, 1.807) is 6.20 Å². The van der Waals surface area contributed by atoms with Crippen molar-refractivity contribution in [3.8, 4) is 5.75 Å². The molecule has 0 aliphatic rings. The standard InChI is InChI=1S/C14H24N2O/c1-11-10-13(7-8-15-11)17-12(2)6-9-16-14(3,4)5/h7-8,10,12,16H,6,9H2,1-5H3. The largest absolute Gasteiger partial charge is 0.491 e. The highest BCUT2D eigenvalue weighted by atomic mass is 16.5. The van der Waals surface area contributed by atoms with Crippen molar-refractivity contribution >= 4 is 0 Å². The van der Waals surface area contributed by atoms with Gasteiger partial charge in [0.1, 0.15) is 5.75 Å². The van der Waals surface area contributed by atoms with E-state index in [9.17, 15) is 0 Å². The van der Waals surface area contributed by atoms with Gasteiger partial charge in [0.05, 0.1) is 6.10 Å². The molecule has 1 unspecified atom stereocenters. The Morgan fingerprint density at radius 2 is 2.12 bits per heavy atom. The molecule has 96 valence electrons. The predicted molar refractivity (Wildman–Crippen MR) is 71.4 cm³/mol. The first-order chi connectivity index (χ1) is 7.87. The monoisotopic (exact) mass is 236 g/mol. The number of aryl methyl sites for hydroxylation is 1. The van der Waals surface area contributed by atoms with Crippen molar-refractivity contribution in [2.45, 2.75) is 52.7 Å². The zero-order valence-electron chi connectivity index (χ0n) is 11.6. The topological polar surface area (TPSA) is 34.1 Å². The van der Waals surface area contributed by atoms with E-state index >= 15 is 0 Å². The highest BCUT2D eigenvalue weighted by Crippen LogP contribution is 2.13. The second-order valence-electron chi connectivity index (χ2n) is 5.53. The summed E-state index contributed by atoms with van der Waals surface area (Å²) in [6.45, 7) is 11.5. The number of pyridine rings is 1. The zero-order chi connectivity index (χ0) is 12.9. The van der Waals surface area contributed by atoms with Gasteiger partial charge in [-0.15, -0.1) is 0 Å². The van der Waals surface area contributed by atoms with Crippen molar-refractivity contribution < 1.29 is 4.74 Å². The number of rotatable bonds is 5. The van der Waals surface area contributed by atoms with Crippen molar-refractivity contribution in [2.24, 2.45) is 0 Å². The molecule has 0 bridgehead atoms. The minimum Gasteiger partial charge on any atom is -0.491 e. The van der Waals surface area contributed by atoms with E-state index < -0.39 is 0 Å². The number of hydrogen-bond acceptors (Lipinski definition) is 3. The van der Waals surface area contributed by atoms with E-state index in [4.69, 9.17) is 4.74 Å². The first-order valence-electron chi connectivity index (χ1n) is 6.21. The molecule has 0 fully saturated rings. The summed E-state index contributed by atoms with van der Waals surface area (Å²) in [5, 5.41) is 3.46. The lowest BCUT2D eigenvalue weighted by molar-refractivity contribution is 0.205. The maximum atomic E-state index is 5.83. The Bertz CT molecular complexity index is 344. The van der Waals surface area contributed by atoms with E-state index in [-0.39, 0.29) is 11.6 Å². The van der Waals surface area contributed by atoms with Gasteiger partial charge in [0.2, 0.25) is 0 Å². The smallest absolute Gasteiger partial charge is 0.123 e. The third-order valence-electron chi connectivity index (χ3n) is 2.41. The number of ether oxygens (including phenoxy) is 1. The Morgan fingerprint density at radius 3 is 2.71 bits per heavy atom. The van der Waals surface area contributed by atoms with Crippen LogP contribution in [0.3, 0.4) is 0 Å². The van der Waals surface area contributed by atoms with Gasteiger partial charge in [-0.2, -0.15) is 0 Å². The third kappa shape index (κ3) is 6.27. The van der Waals surface area contributed by atoms with E-state index in [0.717, 1.165) is 24.4 Å². The average molecular weight is 236 g/mol. The van der Waals surface area contributed by atoms with Gasteiger partial charge in [-0.25, -0.2) is 0 Å². The van der Waals surface area contributed by atoms with Crippen LogP contribution in [0.15, 0.2) is 18.3 Å². The summed E-state index contributed by atoms with van der Waals surface area (Å²) >= 11 is 0. The van der Waals surface area contributed by atoms with Crippen molar-refractivity contribution in [1.29, 1.82) is 0 Å². The molecule has 1 aromatic rings. The van der Waals surface area contributed by atoms with Crippen molar-refractivity contribution in [3.63, 3.8) is 0 Å². The molecule has 0 radical (unpaired) electrons. The number of hydrogen-bond donors (Lipinski definition) is 1. The minimum atomic E-state index is 0.174.